The number of carbonyl (C=O) groups excluding carboxylic acids is 1. The summed E-state index contributed by atoms with van der Waals surface area (Å²) in [5.41, 5.74) is 2.10. The summed E-state index contributed by atoms with van der Waals surface area (Å²) in [7, 11) is -3.27. The molecule has 1 aromatic carbocycles. The van der Waals surface area contributed by atoms with Gasteiger partial charge in [-0.15, -0.1) is 0 Å². The van der Waals surface area contributed by atoms with E-state index in [0.717, 1.165) is 24.3 Å². The maximum absolute atomic E-state index is 12.7. The Balaban J connectivity index is 1.55. The number of sulfonamides is 1. The standard InChI is InChI=1S/C19H26N2O3S/c1-13-4-6-16(12-18(13)21-8-2-3-9-25(21,23)24)19(22)20-17-11-14-5-7-15(17)10-14/h4,6,12,14-15,17H,2-3,5,7-11H2,1H3,(H,20,22). The normalized spacial score (nSPS) is 30.4. The van der Waals surface area contributed by atoms with Gasteiger partial charge in [-0.1, -0.05) is 12.5 Å². The number of hydrogen-bond donors (Lipinski definition) is 1. The molecule has 3 unspecified atom stereocenters. The number of fused-ring (bicyclic) bond motifs is 2. The van der Waals surface area contributed by atoms with Crippen LogP contribution in [0.25, 0.3) is 0 Å². The van der Waals surface area contributed by atoms with Crippen LogP contribution in [0.2, 0.25) is 0 Å². The number of hydrogen-bond acceptors (Lipinski definition) is 3. The zero-order chi connectivity index (χ0) is 17.6. The molecule has 0 aromatic heterocycles. The summed E-state index contributed by atoms with van der Waals surface area (Å²) in [5, 5.41) is 3.19. The molecule has 1 aliphatic heterocycles. The van der Waals surface area contributed by atoms with Crippen LogP contribution < -0.4 is 9.62 Å². The van der Waals surface area contributed by atoms with Gasteiger partial charge in [0.1, 0.15) is 0 Å². The minimum absolute atomic E-state index is 0.0757. The van der Waals surface area contributed by atoms with E-state index in [0.29, 0.717) is 30.1 Å². The van der Waals surface area contributed by atoms with Gasteiger partial charge in [-0.2, -0.15) is 0 Å². The number of aryl methyl sites for hydroxylation is 1. The number of anilines is 1. The van der Waals surface area contributed by atoms with E-state index in [9.17, 15) is 13.2 Å². The van der Waals surface area contributed by atoms with Crippen LogP contribution in [0.1, 0.15) is 54.4 Å². The lowest BCUT2D eigenvalue weighted by molar-refractivity contribution is 0.0923. The van der Waals surface area contributed by atoms with Crippen molar-refractivity contribution in [2.45, 2.75) is 51.5 Å². The first-order chi connectivity index (χ1) is 11.9. The van der Waals surface area contributed by atoms with Crippen molar-refractivity contribution in [3.63, 3.8) is 0 Å². The Labute approximate surface area is 149 Å². The molecule has 2 bridgehead atoms. The van der Waals surface area contributed by atoms with Gasteiger partial charge in [-0.25, -0.2) is 8.42 Å². The molecule has 6 heteroatoms. The number of amides is 1. The highest BCUT2D eigenvalue weighted by molar-refractivity contribution is 7.92. The second-order valence-electron chi connectivity index (χ2n) is 7.85. The first kappa shape index (κ1) is 16.9. The van der Waals surface area contributed by atoms with E-state index < -0.39 is 10.0 Å². The molecule has 25 heavy (non-hydrogen) atoms. The molecule has 4 rings (SSSR count). The molecule has 1 heterocycles. The number of benzene rings is 1. The minimum Gasteiger partial charge on any atom is -0.349 e. The SMILES string of the molecule is Cc1ccc(C(=O)NC2CC3CCC2C3)cc1N1CCCCS1(=O)=O. The molecule has 5 nitrogen and oxygen atoms in total. The zero-order valence-corrected chi connectivity index (χ0v) is 15.5. The predicted molar refractivity (Wildman–Crippen MR) is 98.2 cm³/mol. The molecule has 1 aromatic rings. The van der Waals surface area contributed by atoms with Crippen LogP contribution >= 0.6 is 0 Å². The van der Waals surface area contributed by atoms with Gasteiger partial charge in [-0.05, 0) is 68.6 Å². The Kier molecular flexibility index (Phi) is 4.26. The van der Waals surface area contributed by atoms with Crippen molar-refractivity contribution in [3.8, 4) is 0 Å². The zero-order valence-electron chi connectivity index (χ0n) is 14.7. The summed E-state index contributed by atoms with van der Waals surface area (Å²) in [6.07, 6.45) is 6.44. The Morgan fingerprint density at radius 3 is 2.72 bits per heavy atom. The molecule has 3 fully saturated rings. The van der Waals surface area contributed by atoms with Crippen LogP contribution in [0.3, 0.4) is 0 Å². The number of nitrogens with one attached hydrogen (secondary N) is 1. The van der Waals surface area contributed by atoms with Crippen molar-refractivity contribution in [1.29, 1.82) is 0 Å². The molecular weight excluding hydrogens is 336 g/mol. The average Bonchev–Trinajstić information content (AvgIpc) is 3.18. The number of carbonyl (C=O) groups is 1. The molecule has 3 atom stereocenters. The Hall–Kier alpha value is -1.56. The van der Waals surface area contributed by atoms with Crippen LogP contribution in [0.4, 0.5) is 5.69 Å². The van der Waals surface area contributed by atoms with Crippen LogP contribution in [-0.4, -0.2) is 32.7 Å². The third-order valence-electron chi connectivity index (χ3n) is 6.14. The van der Waals surface area contributed by atoms with E-state index in [1.54, 1.807) is 12.1 Å². The van der Waals surface area contributed by atoms with Crippen molar-refractivity contribution >= 4 is 21.6 Å². The van der Waals surface area contributed by atoms with Gasteiger partial charge in [-0.3, -0.25) is 9.10 Å². The molecule has 0 spiro atoms. The van der Waals surface area contributed by atoms with E-state index in [1.165, 1.54) is 23.6 Å². The monoisotopic (exact) mass is 362 g/mol. The molecule has 2 aliphatic carbocycles. The first-order valence-corrected chi connectivity index (χ1v) is 11.0. The van der Waals surface area contributed by atoms with E-state index in [2.05, 4.69) is 5.32 Å². The average molecular weight is 362 g/mol. The van der Waals surface area contributed by atoms with Gasteiger partial charge in [0.25, 0.3) is 5.91 Å². The fourth-order valence-electron chi connectivity index (χ4n) is 4.75. The number of rotatable bonds is 3. The highest BCUT2D eigenvalue weighted by atomic mass is 32.2. The summed E-state index contributed by atoms with van der Waals surface area (Å²) in [4.78, 5) is 12.7. The second-order valence-corrected chi connectivity index (χ2v) is 9.86. The van der Waals surface area contributed by atoms with Crippen LogP contribution in [0.5, 0.6) is 0 Å². The molecule has 2 saturated carbocycles. The van der Waals surface area contributed by atoms with Crippen molar-refractivity contribution < 1.29 is 13.2 Å². The summed E-state index contributed by atoms with van der Waals surface area (Å²) in [6.45, 7) is 2.40. The van der Waals surface area contributed by atoms with Gasteiger partial charge < -0.3 is 5.32 Å². The van der Waals surface area contributed by atoms with Crippen molar-refractivity contribution in [3.05, 3.63) is 29.3 Å². The number of nitrogens with zero attached hydrogens (tertiary/aromatic N) is 1. The van der Waals surface area contributed by atoms with Gasteiger partial charge in [0.2, 0.25) is 10.0 Å². The van der Waals surface area contributed by atoms with Crippen molar-refractivity contribution in [2.75, 3.05) is 16.6 Å². The molecule has 1 saturated heterocycles. The third kappa shape index (κ3) is 3.16. The summed E-state index contributed by atoms with van der Waals surface area (Å²) < 4.78 is 26.3. The maximum Gasteiger partial charge on any atom is 0.251 e. The van der Waals surface area contributed by atoms with E-state index in [4.69, 9.17) is 0 Å². The van der Waals surface area contributed by atoms with Gasteiger partial charge in [0, 0.05) is 18.2 Å². The second kappa shape index (κ2) is 6.31. The van der Waals surface area contributed by atoms with E-state index >= 15 is 0 Å². The lowest BCUT2D eigenvalue weighted by Gasteiger charge is -2.30. The van der Waals surface area contributed by atoms with E-state index in [-0.39, 0.29) is 17.7 Å². The molecule has 0 radical (unpaired) electrons. The Morgan fingerprint density at radius 1 is 1.20 bits per heavy atom. The maximum atomic E-state index is 12.7. The quantitative estimate of drug-likeness (QED) is 0.899. The van der Waals surface area contributed by atoms with E-state index in [1.807, 2.05) is 13.0 Å². The summed E-state index contributed by atoms with van der Waals surface area (Å²) in [5.74, 6) is 1.52. The lowest BCUT2D eigenvalue weighted by atomic mass is 9.95. The van der Waals surface area contributed by atoms with Gasteiger partial charge in [0.05, 0.1) is 11.4 Å². The van der Waals surface area contributed by atoms with Crippen LogP contribution in [0, 0.1) is 18.8 Å². The van der Waals surface area contributed by atoms with Crippen LogP contribution in [0.15, 0.2) is 18.2 Å². The molecule has 136 valence electrons. The molecule has 1 amide bonds. The highest BCUT2D eigenvalue weighted by Gasteiger charge is 2.40. The fourth-order valence-corrected chi connectivity index (χ4v) is 6.44. The topological polar surface area (TPSA) is 66.5 Å². The largest absolute Gasteiger partial charge is 0.349 e. The van der Waals surface area contributed by atoms with Crippen molar-refractivity contribution in [2.24, 2.45) is 11.8 Å². The third-order valence-corrected chi connectivity index (χ3v) is 8.00. The molecule has 1 N–H and O–H groups in total. The summed E-state index contributed by atoms with van der Waals surface area (Å²) >= 11 is 0. The van der Waals surface area contributed by atoms with Gasteiger partial charge in [0.15, 0.2) is 0 Å². The molecular formula is C19H26N2O3S. The highest BCUT2D eigenvalue weighted by Crippen LogP contribution is 2.44. The minimum atomic E-state index is -3.27. The smallest absolute Gasteiger partial charge is 0.251 e. The lowest BCUT2D eigenvalue weighted by Crippen LogP contribution is -2.39. The summed E-state index contributed by atoms with van der Waals surface area (Å²) in [6, 6.07) is 5.70. The Morgan fingerprint density at radius 2 is 2.04 bits per heavy atom. The molecule has 3 aliphatic rings. The van der Waals surface area contributed by atoms with Crippen molar-refractivity contribution in [1.82, 2.24) is 5.32 Å². The van der Waals surface area contributed by atoms with Crippen LogP contribution in [-0.2, 0) is 10.0 Å². The predicted octanol–water partition coefficient (Wildman–Crippen LogP) is 2.84. The first-order valence-electron chi connectivity index (χ1n) is 9.36. The Bertz CT molecular complexity index is 790. The fraction of sp³-hybridized carbons (Fsp3) is 0.632. The van der Waals surface area contributed by atoms with Gasteiger partial charge >= 0.3 is 0 Å².